The molecule has 20 heavy (non-hydrogen) atoms. The van der Waals surface area contributed by atoms with E-state index in [0.717, 1.165) is 6.07 Å². The van der Waals surface area contributed by atoms with E-state index >= 15 is 0 Å². The summed E-state index contributed by atoms with van der Waals surface area (Å²) in [5, 5.41) is 19.1. The van der Waals surface area contributed by atoms with Crippen molar-refractivity contribution < 1.29 is 24.1 Å². The highest BCUT2D eigenvalue weighted by Crippen LogP contribution is 2.37. The Balaban J connectivity index is 2.51. The number of aromatic nitrogens is 1. The molecule has 6 nitrogen and oxygen atoms in total. The van der Waals surface area contributed by atoms with Crippen molar-refractivity contribution in [2.45, 2.75) is 24.4 Å². The fourth-order valence-electron chi connectivity index (χ4n) is 2.31. The number of H-pyrrole nitrogens is 1. The molecule has 2 rings (SSSR count). The monoisotopic (exact) mass is 283 g/mol. The van der Waals surface area contributed by atoms with E-state index in [0.29, 0.717) is 0 Å². The summed E-state index contributed by atoms with van der Waals surface area (Å²) in [7, 11) is 1.32. The molecular weight excluding hydrogens is 269 g/mol. The molecule has 1 aromatic heterocycles. The molecule has 0 radical (unpaired) electrons. The van der Waals surface area contributed by atoms with E-state index in [1.54, 1.807) is 0 Å². The minimum absolute atomic E-state index is 0.0750. The number of methoxy groups -OCH3 is 1. The van der Waals surface area contributed by atoms with Crippen LogP contribution < -0.4 is 5.56 Å². The molecule has 108 valence electrons. The number of rotatable bonds is 3. The number of aliphatic hydroxyl groups is 2. The summed E-state index contributed by atoms with van der Waals surface area (Å²) in [4.78, 5) is 13.5. The Kier molecular flexibility index (Phi) is 4.20. The van der Waals surface area contributed by atoms with Crippen molar-refractivity contribution in [3.8, 4) is 12.3 Å². The Bertz CT molecular complexity index is 593. The molecule has 3 N–H and O–H groups in total. The van der Waals surface area contributed by atoms with Crippen LogP contribution in [0.1, 0.15) is 17.4 Å². The van der Waals surface area contributed by atoms with Crippen molar-refractivity contribution in [3.05, 3.63) is 33.5 Å². The van der Waals surface area contributed by atoms with E-state index in [-0.39, 0.29) is 11.3 Å². The lowest BCUT2D eigenvalue weighted by Crippen LogP contribution is -2.34. The number of hydrogen-bond acceptors (Lipinski definition) is 5. The normalized spacial score (nSPS) is 29.4. The number of aliphatic hydroxyl groups excluding tert-OH is 2. The van der Waals surface area contributed by atoms with Crippen LogP contribution in [-0.4, -0.2) is 47.2 Å². The third kappa shape index (κ3) is 2.34. The average molecular weight is 283 g/mol. The number of terminal acetylenes is 1. The lowest BCUT2D eigenvalue weighted by atomic mass is 9.99. The van der Waals surface area contributed by atoms with Gasteiger partial charge in [0.1, 0.15) is 35.9 Å². The van der Waals surface area contributed by atoms with E-state index in [2.05, 4.69) is 10.9 Å². The van der Waals surface area contributed by atoms with Gasteiger partial charge >= 0.3 is 0 Å². The third-order valence-electron chi connectivity index (χ3n) is 3.25. The molecule has 1 aromatic rings. The predicted octanol–water partition coefficient (Wildman–Crippen LogP) is -0.697. The Labute approximate surface area is 114 Å². The molecule has 0 amide bonds. The first-order valence-corrected chi connectivity index (χ1v) is 5.90. The zero-order chi connectivity index (χ0) is 14.9. The predicted molar refractivity (Wildman–Crippen MR) is 66.5 cm³/mol. The summed E-state index contributed by atoms with van der Waals surface area (Å²) in [6.45, 7) is -0.451. The summed E-state index contributed by atoms with van der Waals surface area (Å²) in [6, 6.07) is 0.741. The first kappa shape index (κ1) is 14.7. The van der Waals surface area contributed by atoms with Crippen LogP contribution in [0.5, 0.6) is 0 Å². The summed E-state index contributed by atoms with van der Waals surface area (Å²) < 4.78 is 24.5. The highest BCUT2D eigenvalue weighted by atomic mass is 19.1. The van der Waals surface area contributed by atoms with Gasteiger partial charge in [0.25, 0.3) is 5.56 Å². The second-order valence-corrected chi connectivity index (χ2v) is 4.38. The molecule has 0 aliphatic carbocycles. The third-order valence-corrected chi connectivity index (χ3v) is 3.25. The number of hydrogen-bond donors (Lipinski definition) is 3. The molecule has 1 unspecified atom stereocenters. The molecule has 1 aliphatic heterocycles. The van der Waals surface area contributed by atoms with Crippen molar-refractivity contribution in [1.29, 1.82) is 0 Å². The average Bonchev–Trinajstić information content (AvgIpc) is 2.73. The molecule has 0 aromatic carbocycles. The van der Waals surface area contributed by atoms with Crippen LogP contribution in [0.2, 0.25) is 0 Å². The molecule has 1 saturated heterocycles. The number of halogens is 1. The van der Waals surface area contributed by atoms with Crippen LogP contribution in [0.4, 0.5) is 4.39 Å². The quantitative estimate of drug-likeness (QED) is 0.638. The van der Waals surface area contributed by atoms with Crippen LogP contribution in [0.25, 0.3) is 0 Å². The van der Waals surface area contributed by atoms with Crippen LogP contribution in [-0.2, 0) is 9.47 Å². The molecule has 1 fully saturated rings. The standard InChI is InChI=1S/C13H14FNO5/c1-3-7-10(6(14)4-9(17)15-7)12-13(19-2)11(18)8(5-16)20-12/h1,4,8,11-13,16,18H,5H2,2H3,(H,15,17)/t8-,11?,12+,13+/m1/s1. The van der Waals surface area contributed by atoms with Crippen LogP contribution in [0.3, 0.4) is 0 Å². The molecular formula is C13H14FNO5. The minimum Gasteiger partial charge on any atom is -0.394 e. The lowest BCUT2D eigenvalue weighted by molar-refractivity contribution is -0.0248. The van der Waals surface area contributed by atoms with Gasteiger partial charge in [-0.1, -0.05) is 5.92 Å². The van der Waals surface area contributed by atoms with Crippen molar-refractivity contribution in [2.24, 2.45) is 0 Å². The molecule has 0 saturated carbocycles. The van der Waals surface area contributed by atoms with Crippen LogP contribution >= 0.6 is 0 Å². The van der Waals surface area contributed by atoms with Gasteiger partial charge in [-0.3, -0.25) is 4.79 Å². The summed E-state index contributed by atoms with van der Waals surface area (Å²) in [5.41, 5.74) is -0.827. The summed E-state index contributed by atoms with van der Waals surface area (Å²) in [5.74, 6) is 1.32. The van der Waals surface area contributed by atoms with Crippen molar-refractivity contribution in [1.82, 2.24) is 4.98 Å². The van der Waals surface area contributed by atoms with Gasteiger partial charge in [-0.25, -0.2) is 4.39 Å². The maximum Gasteiger partial charge on any atom is 0.251 e. The smallest absolute Gasteiger partial charge is 0.251 e. The largest absolute Gasteiger partial charge is 0.394 e. The Morgan fingerprint density at radius 2 is 2.35 bits per heavy atom. The van der Waals surface area contributed by atoms with E-state index < -0.39 is 42.4 Å². The van der Waals surface area contributed by atoms with E-state index in [1.807, 2.05) is 0 Å². The van der Waals surface area contributed by atoms with Crippen LogP contribution in [0.15, 0.2) is 10.9 Å². The maximum atomic E-state index is 14.0. The first-order valence-electron chi connectivity index (χ1n) is 5.90. The van der Waals surface area contributed by atoms with Crippen molar-refractivity contribution >= 4 is 0 Å². The second-order valence-electron chi connectivity index (χ2n) is 4.38. The minimum atomic E-state index is -1.13. The molecule has 0 spiro atoms. The van der Waals surface area contributed by atoms with E-state index in [9.17, 15) is 14.3 Å². The van der Waals surface area contributed by atoms with Gasteiger partial charge in [-0.2, -0.15) is 0 Å². The Morgan fingerprint density at radius 3 is 2.90 bits per heavy atom. The van der Waals surface area contributed by atoms with Gasteiger partial charge in [-0.05, 0) is 0 Å². The first-order chi connectivity index (χ1) is 9.53. The van der Waals surface area contributed by atoms with Gasteiger partial charge in [0.15, 0.2) is 0 Å². The van der Waals surface area contributed by atoms with Crippen molar-refractivity contribution in [3.63, 3.8) is 0 Å². The maximum absolute atomic E-state index is 14.0. The van der Waals surface area contributed by atoms with Gasteiger partial charge in [0.2, 0.25) is 0 Å². The summed E-state index contributed by atoms with van der Waals surface area (Å²) >= 11 is 0. The molecule has 7 heteroatoms. The summed E-state index contributed by atoms with van der Waals surface area (Å²) in [6.07, 6.45) is 1.28. The Morgan fingerprint density at radius 1 is 1.65 bits per heavy atom. The lowest BCUT2D eigenvalue weighted by Gasteiger charge is -2.20. The zero-order valence-corrected chi connectivity index (χ0v) is 10.7. The number of aromatic amines is 1. The van der Waals surface area contributed by atoms with Crippen LogP contribution in [0, 0.1) is 18.2 Å². The number of ether oxygens (including phenoxy) is 2. The fraction of sp³-hybridized carbons (Fsp3) is 0.462. The molecule has 2 heterocycles. The molecule has 0 bridgehead atoms. The van der Waals surface area contributed by atoms with Gasteiger partial charge in [0, 0.05) is 13.2 Å². The van der Waals surface area contributed by atoms with Gasteiger partial charge in [-0.15, -0.1) is 6.42 Å². The van der Waals surface area contributed by atoms with E-state index in [4.69, 9.17) is 21.0 Å². The second kappa shape index (κ2) is 5.73. The SMILES string of the molecule is C#Cc1[nH]c(=O)cc(F)c1[C@@H]1O[C@H](CO)C(O)[C@@H]1OC. The number of pyridine rings is 1. The van der Waals surface area contributed by atoms with Gasteiger partial charge < -0.3 is 24.7 Å². The van der Waals surface area contributed by atoms with E-state index in [1.165, 1.54) is 7.11 Å². The zero-order valence-electron chi connectivity index (χ0n) is 10.7. The topological polar surface area (TPSA) is 91.8 Å². The highest BCUT2D eigenvalue weighted by molar-refractivity contribution is 5.37. The highest BCUT2D eigenvalue weighted by Gasteiger charge is 2.46. The molecule has 1 aliphatic rings. The fourth-order valence-corrected chi connectivity index (χ4v) is 2.31. The number of nitrogens with one attached hydrogen (secondary N) is 1. The van der Waals surface area contributed by atoms with Gasteiger partial charge in [0.05, 0.1) is 12.2 Å². The molecule has 4 atom stereocenters. The Hall–Kier alpha value is -1.72. The van der Waals surface area contributed by atoms with Crippen molar-refractivity contribution in [2.75, 3.05) is 13.7 Å².